The third-order valence-corrected chi connectivity index (χ3v) is 3.80. The number of rotatable bonds is 4. The van der Waals surface area contributed by atoms with Crippen molar-refractivity contribution in [2.45, 2.75) is 57.3 Å². The second kappa shape index (κ2) is 6.38. The van der Waals surface area contributed by atoms with Crippen LogP contribution >= 0.6 is 0 Å². The van der Waals surface area contributed by atoms with Crippen molar-refractivity contribution in [1.82, 2.24) is 10.2 Å². The van der Waals surface area contributed by atoms with Crippen molar-refractivity contribution in [2.24, 2.45) is 0 Å². The number of hydrogen-bond donors (Lipinski definition) is 2. The predicted molar refractivity (Wildman–Crippen MR) is 68.4 cm³/mol. The first-order valence-electron chi connectivity index (χ1n) is 7.01. The smallest absolute Gasteiger partial charge is 0.407 e. The van der Waals surface area contributed by atoms with Gasteiger partial charge in [0.25, 0.3) is 0 Å². The SMILES string of the molecule is CC(O)CC1CCCCCN1CC1CNC(=O)O1. The molecule has 0 saturated carbocycles. The van der Waals surface area contributed by atoms with E-state index in [0.29, 0.717) is 12.6 Å². The first kappa shape index (κ1) is 13.6. The molecule has 5 nitrogen and oxygen atoms in total. The number of carbonyl (C=O) groups is 1. The molecule has 2 aliphatic heterocycles. The number of carbonyl (C=O) groups excluding carboxylic acids is 1. The lowest BCUT2D eigenvalue weighted by Crippen LogP contribution is -2.42. The van der Waals surface area contributed by atoms with Crippen LogP contribution in [-0.2, 0) is 4.74 Å². The van der Waals surface area contributed by atoms with E-state index in [9.17, 15) is 9.90 Å². The fourth-order valence-corrected chi connectivity index (χ4v) is 2.93. The molecule has 2 N–H and O–H groups in total. The summed E-state index contributed by atoms with van der Waals surface area (Å²) < 4.78 is 5.20. The quantitative estimate of drug-likeness (QED) is 0.791. The van der Waals surface area contributed by atoms with Gasteiger partial charge in [0.1, 0.15) is 6.10 Å². The largest absolute Gasteiger partial charge is 0.443 e. The zero-order valence-electron chi connectivity index (χ0n) is 11.1. The van der Waals surface area contributed by atoms with Crippen LogP contribution in [0.1, 0.15) is 39.0 Å². The Labute approximate surface area is 108 Å². The van der Waals surface area contributed by atoms with Crippen molar-refractivity contribution < 1.29 is 14.6 Å². The summed E-state index contributed by atoms with van der Waals surface area (Å²) in [5.74, 6) is 0. The van der Waals surface area contributed by atoms with Crippen LogP contribution in [0.25, 0.3) is 0 Å². The van der Waals surface area contributed by atoms with Crippen LogP contribution in [0.2, 0.25) is 0 Å². The fraction of sp³-hybridized carbons (Fsp3) is 0.923. The van der Waals surface area contributed by atoms with Crippen molar-refractivity contribution in [2.75, 3.05) is 19.6 Å². The van der Waals surface area contributed by atoms with E-state index in [-0.39, 0.29) is 18.3 Å². The zero-order valence-corrected chi connectivity index (χ0v) is 11.1. The van der Waals surface area contributed by atoms with Gasteiger partial charge in [-0.1, -0.05) is 12.8 Å². The molecule has 2 saturated heterocycles. The van der Waals surface area contributed by atoms with Crippen LogP contribution in [0.3, 0.4) is 0 Å². The van der Waals surface area contributed by atoms with Crippen molar-refractivity contribution in [3.63, 3.8) is 0 Å². The molecule has 2 fully saturated rings. The van der Waals surface area contributed by atoms with E-state index in [0.717, 1.165) is 25.9 Å². The number of nitrogens with zero attached hydrogens (tertiary/aromatic N) is 1. The topological polar surface area (TPSA) is 61.8 Å². The van der Waals surface area contributed by atoms with E-state index in [1.165, 1.54) is 19.3 Å². The van der Waals surface area contributed by atoms with Crippen LogP contribution in [-0.4, -0.2) is 54.0 Å². The van der Waals surface area contributed by atoms with E-state index >= 15 is 0 Å². The van der Waals surface area contributed by atoms with E-state index in [2.05, 4.69) is 10.2 Å². The average Bonchev–Trinajstić information content (AvgIpc) is 2.58. The normalized spacial score (nSPS) is 31.6. The van der Waals surface area contributed by atoms with E-state index in [1.807, 2.05) is 6.92 Å². The summed E-state index contributed by atoms with van der Waals surface area (Å²) in [6, 6.07) is 0.423. The van der Waals surface area contributed by atoms with Gasteiger partial charge in [0.05, 0.1) is 12.6 Å². The van der Waals surface area contributed by atoms with Gasteiger partial charge in [-0.05, 0) is 32.7 Å². The van der Waals surface area contributed by atoms with Gasteiger partial charge in [-0.3, -0.25) is 4.90 Å². The molecular formula is C13H24N2O3. The molecule has 2 aliphatic rings. The third-order valence-electron chi connectivity index (χ3n) is 3.80. The predicted octanol–water partition coefficient (Wildman–Crippen LogP) is 1.11. The summed E-state index contributed by atoms with van der Waals surface area (Å²) >= 11 is 0. The lowest BCUT2D eigenvalue weighted by Gasteiger charge is -2.32. The first-order valence-corrected chi connectivity index (χ1v) is 7.01. The maximum absolute atomic E-state index is 11.0. The van der Waals surface area contributed by atoms with Crippen LogP contribution in [0.5, 0.6) is 0 Å². The summed E-state index contributed by atoms with van der Waals surface area (Å²) in [7, 11) is 0. The molecule has 0 aliphatic carbocycles. The first-order chi connectivity index (χ1) is 8.65. The molecule has 3 unspecified atom stereocenters. The minimum atomic E-state index is -0.304. The van der Waals surface area contributed by atoms with Gasteiger partial charge < -0.3 is 15.2 Å². The molecule has 3 atom stereocenters. The van der Waals surface area contributed by atoms with Gasteiger partial charge in [0.15, 0.2) is 0 Å². The lowest BCUT2D eigenvalue weighted by molar-refractivity contribution is 0.0686. The number of amides is 1. The highest BCUT2D eigenvalue weighted by atomic mass is 16.6. The molecule has 0 bridgehead atoms. The summed E-state index contributed by atoms with van der Waals surface area (Å²) in [4.78, 5) is 13.4. The van der Waals surface area contributed by atoms with Crippen molar-refractivity contribution in [1.29, 1.82) is 0 Å². The molecular weight excluding hydrogens is 232 g/mol. The molecule has 0 aromatic heterocycles. The minimum Gasteiger partial charge on any atom is -0.443 e. The van der Waals surface area contributed by atoms with Gasteiger partial charge in [0.2, 0.25) is 0 Å². The molecule has 0 radical (unpaired) electrons. The Morgan fingerprint density at radius 1 is 1.50 bits per heavy atom. The number of aliphatic hydroxyl groups is 1. The lowest BCUT2D eigenvalue weighted by atomic mass is 10.0. The molecule has 0 aromatic carbocycles. The Morgan fingerprint density at radius 2 is 2.33 bits per heavy atom. The van der Waals surface area contributed by atoms with Crippen LogP contribution in [0.15, 0.2) is 0 Å². The average molecular weight is 256 g/mol. The second-order valence-corrected chi connectivity index (χ2v) is 5.49. The zero-order chi connectivity index (χ0) is 13.0. The maximum atomic E-state index is 11.0. The molecule has 18 heavy (non-hydrogen) atoms. The molecule has 104 valence electrons. The second-order valence-electron chi connectivity index (χ2n) is 5.49. The Kier molecular flexibility index (Phi) is 4.83. The van der Waals surface area contributed by atoms with E-state index < -0.39 is 0 Å². The van der Waals surface area contributed by atoms with Gasteiger partial charge in [0, 0.05) is 12.6 Å². The third kappa shape index (κ3) is 3.85. The molecule has 0 aromatic rings. The number of aliphatic hydroxyl groups excluding tert-OH is 1. The van der Waals surface area contributed by atoms with Crippen LogP contribution in [0.4, 0.5) is 4.79 Å². The molecule has 0 spiro atoms. The van der Waals surface area contributed by atoms with E-state index in [4.69, 9.17) is 4.74 Å². The van der Waals surface area contributed by atoms with Crippen molar-refractivity contribution in [3.8, 4) is 0 Å². The van der Waals surface area contributed by atoms with E-state index in [1.54, 1.807) is 0 Å². The van der Waals surface area contributed by atoms with Crippen LogP contribution < -0.4 is 5.32 Å². The highest BCUT2D eigenvalue weighted by molar-refractivity contribution is 5.69. The van der Waals surface area contributed by atoms with Gasteiger partial charge in [-0.2, -0.15) is 0 Å². The van der Waals surface area contributed by atoms with Gasteiger partial charge in [-0.15, -0.1) is 0 Å². The monoisotopic (exact) mass is 256 g/mol. The Hall–Kier alpha value is -0.810. The molecule has 1 amide bonds. The standard InChI is InChI=1S/C13H24N2O3/c1-10(16)7-11-5-3-2-4-6-15(11)9-12-8-14-13(17)18-12/h10-12,16H,2-9H2,1H3,(H,14,17). The van der Waals surface area contributed by atoms with Gasteiger partial charge in [-0.25, -0.2) is 4.79 Å². The Bertz CT molecular complexity index is 283. The van der Waals surface area contributed by atoms with Gasteiger partial charge >= 0.3 is 6.09 Å². The summed E-state index contributed by atoms with van der Waals surface area (Å²) in [5, 5.41) is 12.3. The molecule has 2 heterocycles. The Balaban J connectivity index is 1.90. The number of hydrogen-bond acceptors (Lipinski definition) is 4. The number of nitrogens with one attached hydrogen (secondary N) is 1. The highest BCUT2D eigenvalue weighted by Gasteiger charge is 2.29. The number of ether oxygens (including phenoxy) is 1. The summed E-state index contributed by atoms with van der Waals surface area (Å²) in [6.07, 6.45) is 5.04. The summed E-state index contributed by atoms with van der Waals surface area (Å²) in [5.41, 5.74) is 0. The van der Waals surface area contributed by atoms with Crippen molar-refractivity contribution in [3.05, 3.63) is 0 Å². The van der Waals surface area contributed by atoms with Crippen molar-refractivity contribution >= 4 is 6.09 Å². The highest BCUT2D eigenvalue weighted by Crippen LogP contribution is 2.21. The number of likely N-dealkylation sites (tertiary alicyclic amines) is 1. The fourth-order valence-electron chi connectivity index (χ4n) is 2.93. The number of cyclic esters (lactones) is 1. The maximum Gasteiger partial charge on any atom is 0.407 e. The number of alkyl carbamates (subject to hydrolysis) is 1. The summed E-state index contributed by atoms with van der Waals surface area (Å²) in [6.45, 7) is 4.29. The minimum absolute atomic E-state index is 0.0351. The molecule has 5 heteroatoms. The Morgan fingerprint density at radius 3 is 3.00 bits per heavy atom. The molecule has 2 rings (SSSR count). The van der Waals surface area contributed by atoms with Crippen LogP contribution in [0, 0.1) is 0 Å².